The Bertz CT molecular complexity index is 628. The Hall–Kier alpha value is -2.04. The average Bonchev–Trinajstić information content (AvgIpc) is 3.03. The third-order valence-corrected chi connectivity index (χ3v) is 4.95. The standard InChI is InChI=1S/C17H22N2O3/c1-4-17-8-5-9-19(17)16(21)18(15(17)20)11-13-7-6-12(2)10-14(13)22-3/h6-7,10H,4-5,8-9,11H2,1-3H3. The largest absolute Gasteiger partial charge is 0.496 e. The second-order valence-corrected chi connectivity index (χ2v) is 6.13. The van der Waals surface area contributed by atoms with Crippen LogP contribution in [0.4, 0.5) is 4.79 Å². The van der Waals surface area contributed by atoms with E-state index in [0.717, 1.165) is 29.7 Å². The van der Waals surface area contributed by atoms with Crippen LogP contribution in [-0.2, 0) is 11.3 Å². The maximum atomic E-state index is 12.8. The van der Waals surface area contributed by atoms with E-state index in [-0.39, 0.29) is 18.5 Å². The number of ether oxygens (including phenoxy) is 1. The molecule has 2 aliphatic rings. The number of methoxy groups -OCH3 is 1. The van der Waals surface area contributed by atoms with Crippen molar-refractivity contribution in [1.82, 2.24) is 9.80 Å². The summed E-state index contributed by atoms with van der Waals surface area (Å²) < 4.78 is 5.39. The lowest BCUT2D eigenvalue weighted by molar-refractivity contribution is -0.133. The van der Waals surface area contributed by atoms with Crippen LogP contribution < -0.4 is 4.74 Å². The summed E-state index contributed by atoms with van der Waals surface area (Å²) in [6, 6.07) is 5.67. The monoisotopic (exact) mass is 302 g/mol. The minimum atomic E-state index is -0.602. The molecule has 3 rings (SSSR count). The fourth-order valence-electron chi connectivity index (χ4n) is 3.67. The van der Waals surface area contributed by atoms with Crippen molar-refractivity contribution in [2.24, 2.45) is 0 Å². The van der Waals surface area contributed by atoms with Gasteiger partial charge in [-0.15, -0.1) is 0 Å². The summed E-state index contributed by atoms with van der Waals surface area (Å²) in [6.07, 6.45) is 2.36. The Labute approximate surface area is 130 Å². The molecule has 0 N–H and O–H groups in total. The number of urea groups is 1. The molecule has 1 aromatic carbocycles. The zero-order chi connectivity index (χ0) is 15.9. The molecule has 118 valence electrons. The summed E-state index contributed by atoms with van der Waals surface area (Å²) in [5, 5.41) is 0. The molecule has 2 fully saturated rings. The van der Waals surface area contributed by atoms with E-state index in [1.165, 1.54) is 4.90 Å². The number of carbonyl (C=O) groups excluding carboxylic acids is 2. The highest BCUT2D eigenvalue weighted by Gasteiger charge is 2.58. The van der Waals surface area contributed by atoms with Gasteiger partial charge in [-0.05, 0) is 37.8 Å². The quantitative estimate of drug-likeness (QED) is 0.804. The summed E-state index contributed by atoms with van der Waals surface area (Å²) in [5.41, 5.74) is 1.35. The molecule has 0 saturated carbocycles. The number of hydrogen-bond donors (Lipinski definition) is 0. The number of imide groups is 1. The molecule has 5 nitrogen and oxygen atoms in total. The molecule has 2 heterocycles. The van der Waals surface area contributed by atoms with Gasteiger partial charge in [0.05, 0.1) is 13.7 Å². The Morgan fingerprint density at radius 1 is 1.32 bits per heavy atom. The first-order valence-corrected chi connectivity index (χ1v) is 7.80. The number of benzene rings is 1. The van der Waals surface area contributed by atoms with Gasteiger partial charge < -0.3 is 9.64 Å². The highest BCUT2D eigenvalue weighted by Crippen LogP contribution is 2.41. The van der Waals surface area contributed by atoms with Crippen molar-refractivity contribution in [3.8, 4) is 5.75 Å². The fraction of sp³-hybridized carbons (Fsp3) is 0.529. The predicted molar refractivity (Wildman–Crippen MR) is 82.6 cm³/mol. The summed E-state index contributed by atoms with van der Waals surface area (Å²) in [6.45, 7) is 4.93. The molecule has 0 radical (unpaired) electrons. The normalized spacial score (nSPS) is 24.1. The molecule has 22 heavy (non-hydrogen) atoms. The number of carbonyl (C=O) groups is 2. The van der Waals surface area contributed by atoms with E-state index in [1.807, 2.05) is 32.0 Å². The molecule has 1 aromatic rings. The van der Waals surface area contributed by atoms with Crippen LogP contribution >= 0.6 is 0 Å². The molecule has 2 saturated heterocycles. The topological polar surface area (TPSA) is 49.9 Å². The number of fused-ring (bicyclic) bond motifs is 1. The van der Waals surface area contributed by atoms with Crippen LogP contribution in [-0.4, -0.2) is 40.9 Å². The van der Waals surface area contributed by atoms with Crippen molar-refractivity contribution in [3.63, 3.8) is 0 Å². The zero-order valence-electron chi connectivity index (χ0n) is 13.4. The smallest absolute Gasteiger partial charge is 0.327 e. The first-order valence-electron chi connectivity index (χ1n) is 7.80. The Morgan fingerprint density at radius 3 is 2.73 bits per heavy atom. The van der Waals surface area contributed by atoms with Crippen molar-refractivity contribution in [1.29, 1.82) is 0 Å². The molecule has 2 aliphatic heterocycles. The van der Waals surface area contributed by atoms with Crippen LogP contribution in [0.2, 0.25) is 0 Å². The minimum absolute atomic E-state index is 0.0554. The molecule has 1 atom stereocenters. The predicted octanol–water partition coefficient (Wildman–Crippen LogP) is 2.71. The molecule has 5 heteroatoms. The average molecular weight is 302 g/mol. The van der Waals surface area contributed by atoms with E-state index in [1.54, 1.807) is 12.0 Å². The van der Waals surface area contributed by atoms with Crippen LogP contribution in [0.1, 0.15) is 37.3 Å². The zero-order valence-corrected chi connectivity index (χ0v) is 13.4. The lowest BCUT2D eigenvalue weighted by Gasteiger charge is -2.26. The molecule has 0 spiro atoms. The SMILES string of the molecule is CCC12CCCN1C(=O)N(Cc1ccc(C)cc1OC)C2=O. The van der Waals surface area contributed by atoms with Crippen molar-refractivity contribution in [2.45, 2.75) is 45.2 Å². The van der Waals surface area contributed by atoms with Gasteiger partial charge in [-0.1, -0.05) is 19.1 Å². The van der Waals surface area contributed by atoms with Crippen molar-refractivity contribution in [2.75, 3.05) is 13.7 Å². The molecule has 3 amide bonds. The van der Waals surface area contributed by atoms with E-state index in [2.05, 4.69) is 0 Å². The second-order valence-electron chi connectivity index (χ2n) is 6.13. The van der Waals surface area contributed by atoms with E-state index in [9.17, 15) is 9.59 Å². The van der Waals surface area contributed by atoms with Crippen LogP contribution in [0.5, 0.6) is 5.75 Å². The summed E-state index contributed by atoms with van der Waals surface area (Å²) in [5.74, 6) is 0.665. The Morgan fingerprint density at radius 2 is 2.09 bits per heavy atom. The molecular formula is C17H22N2O3. The van der Waals surface area contributed by atoms with Crippen LogP contribution in [0.25, 0.3) is 0 Å². The summed E-state index contributed by atoms with van der Waals surface area (Å²) in [4.78, 5) is 28.6. The van der Waals surface area contributed by atoms with Gasteiger partial charge in [0.1, 0.15) is 11.3 Å². The highest BCUT2D eigenvalue weighted by atomic mass is 16.5. The maximum absolute atomic E-state index is 12.8. The number of aryl methyl sites for hydroxylation is 1. The maximum Gasteiger partial charge on any atom is 0.327 e. The molecule has 0 aromatic heterocycles. The molecule has 0 bridgehead atoms. The highest BCUT2D eigenvalue weighted by molar-refractivity contribution is 6.07. The van der Waals surface area contributed by atoms with Crippen molar-refractivity contribution >= 4 is 11.9 Å². The van der Waals surface area contributed by atoms with Gasteiger partial charge >= 0.3 is 6.03 Å². The van der Waals surface area contributed by atoms with Crippen LogP contribution in [0, 0.1) is 6.92 Å². The van der Waals surface area contributed by atoms with Gasteiger partial charge in [0.15, 0.2) is 0 Å². The van der Waals surface area contributed by atoms with E-state index >= 15 is 0 Å². The van der Waals surface area contributed by atoms with Gasteiger partial charge in [0, 0.05) is 12.1 Å². The third-order valence-electron chi connectivity index (χ3n) is 4.95. The van der Waals surface area contributed by atoms with Gasteiger partial charge in [0.25, 0.3) is 5.91 Å². The summed E-state index contributed by atoms with van der Waals surface area (Å²) in [7, 11) is 1.61. The summed E-state index contributed by atoms with van der Waals surface area (Å²) >= 11 is 0. The van der Waals surface area contributed by atoms with E-state index < -0.39 is 5.54 Å². The Kier molecular flexibility index (Phi) is 3.59. The molecule has 0 aliphatic carbocycles. The Balaban J connectivity index is 1.91. The number of rotatable bonds is 4. The van der Waals surface area contributed by atoms with Gasteiger partial charge in [0.2, 0.25) is 0 Å². The van der Waals surface area contributed by atoms with E-state index in [4.69, 9.17) is 4.74 Å². The van der Waals surface area contributed by atoms with Gasteiger partial charge in [-0.25, -0.2) is 4.79 Å². The van der Waals surface area contributed by atoms with Gasteiger partial charge in [-0.3, -0.25) is 9.69 Å². The van der Waals surface area contributed by atoms with Crippen LogP contribution in [0.3, 0.4) is 0 Å². The first kappa shape index (κ1) is 14.9. The lowest BCUT2D eigenvalue weighted by Crippen LogP contribution is -2.44. The minimum Gasteiger partial charge on any atom is -0.496 e. The van der Waals surface area contributed by atoms with Gasteiger partial charge in [-0.2, -0.15) is 0 Å². The van der Waals surface area contributed by atoms with Crippen molar-refractivity contribution < 1.29 is 14.3 Å². The number of hydrogen-bond acceptors (Lipinski definition) is 3. The van der Waals surface area contributed by atoms with Crippen molar-refractivity contribution in [3.05, 3.63) is 29.3 Å². The lowest BCUT2D eigenvalue weighted by atomic mass is 9.93. The number of amides is 3. The number of nitrogens with zero attached hydrogens (tertiary/aromatic N) is 2. The fourth-order valence-corrected chi connectivity index (χ4v) is 3.67. The first-order chi connectivity index (χ1) is 10.5. The second kappa shape index (κ2) is 5.30. The third kappa shape index (κ3) is 1.99. The molecule has 1 unspecified atom stereocenters. The van der Waals surface area contributed by atoms with Crippen LogP contribution in [0.15, 0.2) is 18.2 Å². The molecular weight excluding hydrogens is 280 g/mol. The van der Waals surface area contributed by atoms with E-state index in [0.29, 0.717) is 13.0 Å².